The van der Waals surface area contributed by atoms with E-state index < -0.39 is 67.8 Å². The maximum atomic E-state index is 12.2. The van der Waals surface area contributed by atoms with Gasteiger partial charge in [0.15, 0.2) is 0 Å². The maximum absolute atomic E-state index is 12.2. The van der Waals surface area contributed by atoms with Gasteiger partial charge in [0.25, 0.3) is 0 Å². The first-order valence-electron chi connectivity index (χ1n) is 16.3. The van der Waals surface area contributed by atoms with Gasteiger partial charge in [-0.25, -0.2) is 4.79 Å². The zero-order valence-corrected chi connectivity index (χ0v) is 16.8. The SMILES string of the molecule is [2H]c1c([2H])c(C)c(Cl)c(N2C([2H])([2H])C([2H])([2H])N(CCC3CCC(NC(=O)N(C)C([2H])([2H])[2H])CC3)C([2H])([2H])C2([2H])[2H])c1[2H]. The molecule has 1 saturated carbocycles. The first-order chi connectivity index (χ1) is 18.9. The monoisotopic (exact) mass is 420 g/mol. The minimum atomic E-state index is -3.28. The zero-order valence-electron chi connectivity index (χ0n) is 30.0. The van der Waals surface area contributed by atoms with E-state index >= 15 is 0 Å². The Bertz CT molecular complexity index is 1150. The number of hydrogen-bond acceptors (Lipinski definition) is 3. The van der Waals surface area contributed by atoms with Crippen molar-refractivity contribution in [2.45, 2.75) is 45.1 Å². The van der Waals surface area contributed by atoms with Crippen LogP contribution < -0.4 is 10.2 Å². The normalized spacial score (nSPS) is 38.5. The molecule has 1 aliphatic carbocycles. The predicted octanol–water partition coefficient (Wildman–Crippen LogP) is 3.99. The molecule has 1 aliphatic heterocycles. The Kier molecular flexibility index (Phi) is 3.36. The summed E-state index contributed by atoms with van der Waals surface area (Å²) in [7, 11) is 1.17. The van der Waals surface area contributed by atoms with E-state index in [-0.39, 0.29) is 35.4 Å². The molecule has 1 aromatic carbocycles. The van der Waals surface area contributed by atoms with Gasteiger partial charge in [0, 0.05) is 55.6 Å². The minimum Gasteiger partial charge on any atom is -0.368 e. The molecule has 1 N–H and O–H groups in total. The minimum absolute atomic E-state index is 0.0559. The molecule has 0 atom stereocenters. The summed E-state index contributed by atoms with van der Waals surface area (Å²) in [6.45, 7) is -14.5. The third-order valence-electron chi connectivity index (χ3n) is 5.03. The van der Waals surface area contributed by atoms with Crippen molar-refractivity contribution in [3.63, 3.8) is 0 Å². The van der Waals surface area contributed by atoms with Crippen LogP contribution >= 0.6 is 11.6 Å². The number of anilines is 1. The molecular weight excluding hydrogens is 372 g/mol. The maximum Gasteiger partial charge on any atom is 0.317 e. The Morgan fingerprint density at radius 3 is 2.71 bits per heavy atom. The quantitative estimate of drug-likeness (QED) is 0.782. The van der Waals surface area contributed by atoms with Gasteiger partial charge in [-0.15, -0.1) is 0 Å². The molecule has 5 nitrogen and oxygen atoms in total. The van der Waals surface area contributed by atoms with E-state index in [0.717, 1.165) is 0 Å². The van der Waals surface area contributed by atoms with Gasteiger partial charge in [0.2, 0.25) is 0 Å². The second-order valence-electron chi connectivity index (χ2n) is 7.11. The lowest BCUT2D eigenvalue weighted by atomic mass is 9.84. The van der Waals surface area contributed by atoms with E-state index in [1.807, 2.05) is 0 Å². The van der Waals surface area contributed by atoms with Crippen LogP contribution in [0.15, 0.2) is 18.1 Å². The standard InChI is InChI=1S/C22H35ClN4O/c1-17-5-4-6-20(21(17)23)27-15-13-26(14-16-27)12-11-18-7-9-19(10-8-18)24-22(28)25(2)3/h4-6,18-19H,7-16H2,1-3H3,(H,24,28)/i2D3,4D,5D,6D,13D2,14D2,15D2,16D2. The van der Waals surface area contributed by atoms with Crippen molar-refractivity contribution in [2.75, 3.05) is 51.5 Å². The van der Waals surface area contributed by atoms with E-state index in [2.05, 4.69) is 5.32 Å². The summed E-state index contributed by atoms with van der Waals surface area (Å²) in [5.74, 6) is -0.0766. The van der Waals surface area contributed by atoms with Crippen LogP contribution in [0.2, 0.25) is 5.02 Å². The van der Waals surface area contributed by atoms with Gasteiger partial charge in [-0.05, 0) is 63.1 Å². The highest BCUT2D eigenvalue weighted by molar-refractivity contribution is 6.34. The number of urea groups is 1. The van der Waals surface area contributed by atoms with Crippen LogP contribution in [0.3, 0.4) is 0 Å². The van der Waals surface area contributed by atoms with E-state index in [4.69, 9.17) is 30.8 Å². The van der Waals surface area contributed by atoms with Crippen molar-refractivity contribution in [1.29, 1.82) is 0 Å². The van der Waals surface area contributed by atoms with Gasteiger partial charge in [0.05, 0.1) is 20.3 Å². The number of rotatable bonds is 5. The topological polar surface area (TPSA) is 38.8 Å². The molecule has 0 aromatic heterocycles. The van der Waals surface area contributed by atoms with Crippen molar-refractivity contribution in [3.05, 3.63) is 28.7 Å². The Morgan fingerprint density at radius 1 is 1.32 bits per heavy atom. The average molecular weight is 421 g/mol. The lowest BCUT2D eigenvalue weighted by molar-refractivity contribution is 0.194. The number of nitrogens with one attached hydrogen (secondary N) is 1. The summed E-state index contributed by atoms with van der Waals surface area (Å²) < 4.78 is 116. The summed E-state index contributed by atoms with van der Waals surface area (Å²) in [6, 6.07) is -2.95. The van der Waals surface area contributed by atoms with Crippen LogP contribution in [-0.2, 0) is 0 Å². The van der Waals surface area contributed by atoms with Crippen LogP contribution in [0.4, 0.5) is 10.5 Å². The fraction of sp³-hybridized carbons (Fsp3) is 0.682. The van der Waals surface area contributed by atoms with Crippen LogP contribution in [0.1, 0.15) is 56.9 Å². The highest BCUT2D eigenvalue weighted by atomic mass is 35.5. The smallest absolute Gasteiger partial charge is 0.317 e. The highest BCUT2D eigenvalue weighted by Gasteiger charge is 2.24. The summed E-state index contributed by atoms with van der Waals surface area (Å²) in [6.07, 6.45) is 2.25. The number of benzene rings is 1. The second kappa shape index (κ2) is 9.84. The molecule has 0 spiro atoms. The highest BCUT2D eigenvalue weighted by Crippen LogP contribution is 2.30. The van der Waals surface area contributed by atoms with Crippen molar-refractivity contribution in [1.82, 2.24) is 15.1 Å². The van der Waals surface area contributed by atoms with Crippen LogP contribution in [0.5, 0.6) is 0 Å². The second-order valence-corrected chi connectivity index (χ2v) is 7.49. The Hall–Kier alpha value is -1.46. The molecule has 1 aromatic rings. The Morgan fingerprint density at radius 2 is 2.04 bits per heavy atom. The number of amides is 2. The molecule has 28 heavy (non-hydrogen) atoms. The molecule has 156 valence electrons. The van der Waals surface area contributed by atoms with Gasteiger partial charge >= 0.3 is 6.03 Å². The lowest BCUT2D eigenvalue weighted by Gasteiger charge is -2.37. The van der Waals surface area contributed by atoms with Crippen molar-refractivity contribution in [2.24, 2.45) is 5.92 Å². The number of carbonyl (C=O) groups excluding carboxylic acids is 1. The number of halogens is 1. The molecular formula is C22H35ClN4O. The van der Waals surface area contributed by atoms with Gasteiger partial charge in [-0.1, -0.05) is 23.7 Å². The molecule has 2 amide bonds. The molecule has 1 saturated heterocycles. The molecule has 6 heteroatoms. The van der Waals surface area contributed by atoms with E-state index in [1.165, 1.54) is 14.0 Å². The van der Waals surface area contributed by atoms with Crippen molar-refractivity contribution in [3.8, 4) is 0 Å². The number of piperazine rings is 1. The van der Waals surface area contributed by atoms with E-state index in [1.54, 1.807) is 0 Å². The van der Waals surface area contributed by atoms with E-state index in [9.17, 15) is 4.79 Å². The number of carbonyl (C=O) groups is 1. The van der Waals surface area contributed by atoms with Gasteiger partial charge in [0.1, 0.15) is 0 Å². The fourth-order valence-corrected chi connectivity index (χ4v) is 3.48. The van der Waals surface area contributed by atoms with Crippen molar-refractivity contribution < 1.29 is 24.0 Å². The summed E-state index contributed by atoms with van der Waals surface area (Å²) in [4.78, 5) is 13.5. The number of hydrogen-bond donors (Lipinski definition) is 1. The van der Waals surface area contributed by atoms with E-state index in [0.29, 0.717) is 35.5 Å². The molecule has 1 heterocycles. The summed E-state index contributed by atoms with van der Waals surface area (Å²) in [5, 5.41) is 2.24. The van der Waals surface area contributed by atoms with Crippen LogP contribution in [0.25, 0.3) is 0 Å². The average Bonchev–Trinajstić information content (AvgIpc) is 2.87. The third-order valence-corrected chi connectivity index (χ3v) is 5.49. The first kappa shape index (κ1) is 9.57. The van der Waals surface area contributed by atoms with Gasteiger partial charge in [-0.2, -0.15) is 0 Å². The Balaban J connectivity index is 1.83. The molecule has 0 radical (unpaired) electrons. The summed E-state index contributed by atoms with van der Waals surface area (Å²) in [5.41, 5.74) is -0.762. The Labute approximate surface area is 194 Å². The van der Waals surface area contributed by atoms with Gasteiger partial charge in [-0.3, -0.25) is 4.90 Å². The third kappa shape index (κ3) is 5.54. The molecule has 0 bridgehead atoms. The largest absolute Gasteiger partial charge is 0.368 e. The fourth-order valence-electron chi connectivity index (χ4n) is 3.30. The molecule has 2 fully saturated rings. The van der Waals surface area contributed by atoms with Gasteiger partial charge < -0.3 is 15.1 Å². The van der Waals surface area contributed by atoms with Crippen LogP contribution in [0, 0.1) is 12.8 Å². The van der Waals surface area contributed by atoms with Crippen LogP contribution in [-0.4, -0.2) is 68.4 Å². The summed E-state index contributed by atoms with van der Waals surface area (Å²) >= 11 is 6.32. The lowest BCUT2D eigenvalue weighted by Crippen LogP contribution is -2.47. The molecule has 0 unspecified atom stereocenters. The predicted molar refractivity (Wildman–Crippen MR) is 117 cm³/mol. The zero-order chi connectivity index (χ0) is 32.4. The molecule has 2 aliphatic rings. The first-order valence-corrected chi connectivity index (χ1v) is 9.68. The van der Waals surface area contributed by atoms with Crippen molar-refractivity contribution >= 4 is 23.3 Å². The number of nitrogens with zero attached hydrogens (tertiary/aromatic N) is 3. The molecule has 3 rings (SSSR count).